The zero-order chi connectivity index (χ0) is 20.2. The fraction of sp³-hybridized carbons (Fsp3) is 0.500. The van der Waals surface area contributed by atoms with E-state index in [1.165, 1.54) is 12.5 Å². The number of anilines is 3. The van der Waals surface area contributed by atoms with E-state index in [2.05, 4.69) is 21.3 Å². The van der Waals surface area contributed by atoms with Crippen molar-refractivity contribution in [2.45, 2.75) is 51.0 Å². The highest BCUT2D eigenvalue weighted by Crippen LogP contribution is 2.58. The monoisotopic (exact) mass is 394 g/mol. The maximum Gasteiger partial charge on any atom is 0.222 e. The summed E-state index contributed by atoms with van der Waals surface area (Å²) < 4.78 is 5.95. The summed E-state index contributed by atoms with van der Waals surface area (Å²) in [6, 6.07) is 5.98. The Bertz CT molecular complexity index is 967. The second-order valence-corrected chi connectivity index (χ2v) is 8.78. The van der Waals surface area contributed by atoms with Crippen molar-refractivity contribution in [3.8, 4) is 5.88 Å². The Hall–Kier alpha value is -2.67. The van der Waals surface area contributed by atoms with Gasteiger partial charge in [-0.3, -0.25) is 4.79 Å². The van der Waals surface area contributed by atoms with Crippen LogP contribution in [0.4, 0.5) is 17.3 Å². The van der Waals surface area contributed by atoms with Crippen LogP contribution in [0, 0.1) is 12.8 Å². The van der Waals surface area contributed by atoms with Gasteiger partial charge >= 0.3 is 0 Å². The lowest BCUT2D eigenvalue weighted by molar-refractivity contribution is -0.114. The molecule has 152 valence electrons. The highest BCUT2D eigenvalue weighted by molar-refractivity contribution is 5.89. The number of amides is 1. The summed E-state index contributed by atoms with van der Waals surface area (Å²) in [6.45, 7) is 4.99. The van der Waals surface area contributed by atoms with E-state index in [9.17, 15) is 9.90 Å². The van der Waals surface area contributed by atoms with E-state index in [4.69, 9.17) is 9.72 Å². The predicted octanol–water partition coefficient (Wildman–Crippen LogP) is 3.08. The number of nitrogens with zero attached hydrogens (tertiary/aromatic N) is 3. The number of fused-ring (bicyclic) bond motifs is 2. The number of rotatable bonds is 5. The zero-order valence-electron chi connectivity index (χ0n) is 16.8. The van der Waals surface area contributed by atoms with Crippen LogP contribution in [0.15, 0.2) is 24.4 Å². The number of aliphatic hydroxyl groups excluding tert-OH is 1. The van der Waals surface area contributed by atoms with Gasteiger partial charge in [0.1, 0.15) is 11.6 Å². The molecule has 7 nitrogen and oxygen atoms in total. The molecule has 0 bridgehead atoms. The van der Waals surface area contributed by atoms with Gasteiger partial charge in [0.15, 0.2) is 0 Å². The lowest BCUT2D eigenvalue weighted by Crippen LogP contribution is -2.32. The second-order valence-electron chi connectivity index (χ2n) is 8.78. The molecule has 5 rings (SSSR count). The first-order chi connectivity index (χ1) is 13.9. The van der Waals surface area contributed by atoms with Crippen molar-refractivity contribution >= 4 is 23.2 Å². The molecule has 7 heteroatoms. The number of carbonyl (C=O) groups excluding carboxylic acids is 1. The van der Waals surface area contributed by atoms with Crippen molar-refractivity contribution in [3.63, 3.8) is 0 Å². The van der Waals surface area contributed by atoms with E-state index in [0.29, 0.717) is 24.2 Å². The Kier molecular flexibility index (Phi) is 4.24. The van der Waals surface area contributed by atoms with E-state index in [0.717, 1.165) is 49.3 Å². The number of aliphatic hydroxyl groups is 1. The molecule has 2 saturated carbocycles. The molecule has 0 aromatic carbocycles. The average molecular weight is 394 g/mol. The number of hydrogen-bond donors (Lipinski definition) is 2. The van der Waals surface area contributed by atoms with Crippen LogP contribution in [0.5, 0.6) is 5.88 Å². The normalized spacial score (nSPS) is 23.5. The summed E-state index contributed by atoms with van der Waals surface area (Å²) in [7, 11) is 0. The molecule has 0 radical (unpaired) electrons. The summed E-state index contributed by atoms with van der Waals surface area (Å²) >= 11 is 0. The van der Waals surface area contributed by atoms with Crippen LogP contribution in [0.2, 0.25) is 0 Å². The number of ether oxygens (including phenoxy) is 1. The predicted molar refractivity (Wildman–Crippen MR) is 110 cm³/mol. The van der Waals surface area contributed by atoms with Crippen LogP contribution in [0.25, 0.3) is 0 Å². The van der Waals surface area contributed by atoms with E-state index in [1.807, 2.05) is 25.3 Å². The van der Waals surface area contributed by atoms with Gasteiger partial charge in [0.2, 0.25) is 11.8 Å². The molecule has 3 heterocycles. The number of aryl methyl sites for hydroxylation is 1. The van der Waals surface area contributed by atoms with Crippen LogP contribution in [-0.4, -0.2) is 40.2 Å². The fourth-order valence-electron chi connectivity index (χ4n) is 4.45. The maximum atomic E-state index is 11.5. The summed E-state index contributed by atoms with van der Waals surface area (Å²) in [5.74, 6) is 2.32. The summed E-state index contributed by atoms with van der Waals surface area (Å²) in [6.07, 6.45) is 5.64. The first kappa shape index (κ1) is 18.4. The third kappa shape index (κ3) is 3.44. The van der Waals surface area contributed by atoms with E-state index < -0.39 is 0 Å². The molecule has 2 aliphatic carbocycles. The van der Waals surface area contributed by atoms with Gasteiger partial charge in [-0.25, -0.2) is 4.98 Å². The maximum absolute atomic E-state index is 11.5. The van der Waals surface area contributed by atoms with Crippen molar-refractivity contribution in [1.29, 1.82) is 0 Å². The molecular weight excluding hydrogens is 368 g/mol. The molecular formula is C22H26N4O3. The first-order valence-corrected chi connectivity index (χ1v) is 10.3. The molecule has 1 aliphatic heterocycles. The number of aromatic nitrogens is 2. The molecule has 1 spiro atoms. The topological polar surface area (TPSA) is 87.6 Å². The largest absolute Gasteiger partial charge is 0.477 e. The standard InChI is InChI=1S/C22H26N4O3/c1-13-5-20(25-21(6-13)29-11-15-7-16(28)8-15)26-12-22(3-4-22)17-10-23-19(9-18(17)26)24-14(2)27/h5-6,9-10,15-16,28H,3-4,7-8,11-12H2,1-2H3,(H,23,24,27). The molecule has 2 N–H and O–H groups in total. The Morgan fingerprint density at radius 3 is 2.83 bits per heavy atom. The van der Waals surface area contributed by atoms with Crippen LogP contribution >= 0.6 is 0 Å². The lowest BCUT2D eigenvalue weighted by Gasteiger charge is -2.31. The van der Waals surface area contributed by atoms with Gasteiger partial charge in [0.05, 0.1) is 18.4 Å². The van der Waals surface area contributed by atoms with Crippen molar-refractivity contribution < 1.29 is 14.6 Å². The van der Waals surface area contributed by atoms with Gasteiger partial charge < -0.3 is 20.1 Å². The lowest BCUT2D eigenvalue weighted by atomic mass is 9.83. The van der Waals surface area contributed by atoms with Crippen LogP contribution < -0.4 is 15.0 Å². The minimum absolute atomic E-state index is 0.131. The highest BCUT2D eigenvalue weighted by Gasteiger charge is 2.52. The SMILES string of the molecule is CC(=O)Nc1cc2c(cn1)C1(CC1)CN2c1cc(C)cc(OCC2CC(O)C2)n1. The zero-order valence-corrected chi connectivity index (χ0v) is 16.8. The van der Waals surface area contributed by atoms with Crippen LogP contribution in [0.1, 0.15) is 43.7 Å². The fourth-order valence-corrected chi connectivity index (χ4v) is 4.45. The Morgan fingerprint density at radius 2 is 2.14 bits per heavy atom. The molecule has 0 unspecified atom stereocenters. The quantitative estimate of drug-likeness (QED) is 0.810. The third-order valence-corrected chi connectivity index (χ3v) is 6.25. The minimum Gasteiger partial charge on any atom is -0.477 e. The number of hydrogen-bond acceptors (Lipinski definition) is 6. The van der Waals surface area contributed by atoms with Gasteiger partial charge in [-0.05, 0) is 50.2 Å². The van der Waals surface area contributed by atoms with Gasteiger partial charge in [-0.15, -0.1) is 0 Å². The number of carbonyl (C=O) groups is 1. The van der Waals surface area contributed by atoms with Crippen molar-refractivity contribution in [3.05, 3.63) is 35.5 Å². The molecule has 1 amide bonds. The number of nitrogens with one attached hydrogen (secondary N) is 1. The van der Waals surface area contributed by atoms with Crippen molar-refractivity contribution in [2.24, 2.45) is 5.92 Å². The van der Waals surface area contributed by atoms with Crippen LogP contribution in [0.3, 0.4) is 0 Å². The highest BCUT2D eigenvalue weighted by atomic mass is 16.5. The molecule has 0 atom stereocenters. The summed E-state index contributed by atoms with van der Waals surface area (Å²) in [4.78, 5) is 22.9. The summed E-state index contributed by atoms with van der Waals surface area (Å²) in [5.41, 5.74) is 3.55. The van der Waals surface area contributed by atoms with E-state index in [-0.39, 0.29) is 17.4 Å². The van der Waals surface area contributed by atoms with Crippen molar-refractivity contribution in [2.75, 3.05) is 23.4 Å². The van der Waals surface area contributed by atoms with Crippen molar-refractivity contribution in [1.82, 2.24) is 9.97 Å². The average Bonchev–Trinajstić information content (AvgIpc) is 3.34. The minimum atomic E-state index is -0.174. The first-order valence-electron chi connectivity index (χ1n) is 10.3. The third-order valence-electron chi connectivity index (χ3n) is 6.25. The second kappa shape index (κ2) is 6.69. The molecule has 2 aromatic heterocycles. The van der Waals surface area contributed by atoms with Gasteiger partial charge in [0.25, 0.3) is 0 Å². The molecule has 0 saturated heterocycles. The Labute approximate surface area is 170 Å². The van der Waals surface area contributed by atoms with Gasteiger partial charge in [0, 0.05) is 42.8 Å². The number of pyridine rings is 2. The van der Waals surface area contributed by atoms with E-state index in [1.54, 1.807) is 0 Å². The smallest absolute Gasteiger partial charge is 0.222 e. The molecule has 3 aliphatic rings. The molecule has 2 fully saturated rings. The Balaban J connectivity index is 1.43. The summed E-state index contributed by atoms with van der Waals surface area (Å²) in [5, 5.41) is 12.2. The van der Waals surface area contributed by atoms with Crippen LogP contribution in [-0.2, 0) is 10.2 Å². The molecule has 29 heavy (non-hydrogen) atoms. The molecule has 2 aromatic rings. The Morgan fingerprint density at radius 1 is 1.34 bits per heavy atom. The van der Waals surface area contributed by atoms with E-state index >= 15 is 0 Å². The van der Waals surface area contributed by atoms with Gasteiger partial charge in [-0.2, -0.15) is 4.98 Å². The van der Waals surface area contributed by atoms with Gasteiger partial charge in [-0.1, -0.05) is 0 Å².